The number of hydrogen-bond donors (Lipinski definition) is 2. The molecule has 0 aliphatic carbocycles. The highest BCUT2D eigenvalue weighted by molar-refractivity contribution is 5.94. The summed E-state index contributed by atoms with van der Waals surface area (Å²) in [6, 6.07) is 10.2. The fourth-order valence-electron chi connectivity index (χ4n) is 2.39. The molecule has 1 atom stereocenters. The quantitative estimate of drug-likeness (QED) is 0.852. The third kappa shape index (κ3) is 5.66. The molecule has 128 valence electrons. The van der Waals surface area contributed by atoms with Gasteiger partial charge in [-0.25, -0.2) is 0 Å². The normalized spacial score (nSPS) is 12.5. The summed E-state index contributed by atoms with van der Waals surface area (Å²) in [6.45, 7) is 6.15. The van der Waals surface area contributed by atoms with E-state index in [0.29, 0.717) is 23.5 Å². The number of carbonyl (C=O) groups excluding carboxylic acids is 1. The van der Waals surface area contributed by atoms with Crippen molar-refractivity contribution in [1.82, 2.24) is 10.3 Å². The van der Waals surface area contributed by atoms with Crippen LogP contribution in [0.25, 0.3) is 0 Å². The van der Waals surface area contributed by atoms with Gasteiger partial charge in [-0.15, -0.1) is 0 Å². The Hall–Kier alpha value is -2.40. The molecule has 24 heavy (non-hydrogen) atoms. The second-order valence-electron chi connectivity index (χ2n) is 6.93. The molecule has 2 rings (SSSR count). The van der Waals surface area contributed by atoms with E-state index in [1.807, 2.05) is 6.07 Å². The Balaban J connectivity index is 1.98. The maximum atomic E-state index is 12.3. The molecule has 1 amide bonds. The molecule has 0 fully saturated rings. The number of aliphatic hydroxyl groups excluding tert-OH is 1. The fourth-order valence-corrected chi connectivity index (χ4v) is 2.39. The first-order chi connectivity index (χ1) is 11.4. The molecule has 1 unspecified atom stereocenters. The number of aromatic nitrogens is 1. The Morgan fingerprint density at radius 1 is 1.21 bits per heavy atom. The number of nitrogens with zero attached hydrogens (tertiary/aromatic N) is 1. The van der Waals surface area contributed by atoms with Gasteiger partial charge in [0.15, 0.2) is 0 Å². The van der Waals surface area contributed by atoms with Gasteiger partial charge in [-0.2, -0.15) is 0 Å². The van der Waals surface area contributed by atoms with Gasteiger partial charge in [-0.3, -0.25) is 9.78 Å². The number of nitrogens with one attached hydrogen (secondary N) is 1. The van der Waals surface area contributed by atoms with Crippen LogP contribution in [-0.2, 0) is 0 Å². The molecule has 1 heterocycles. The Morgan fingerprint density at radius 3 is 2.46 bits per heavy atom. The van der Waals surface area contributed by atoms with Crippen LogP contribution in [0.2, 0.25) is 0 Å². The van der Waals surface area contributed by atoms with Crippen molar-refractivity contribution >= 4 is 5.91 Å². The highest BCUT2D eigenvalue weighted by Crippen LogP contribution is 2.22. The Bertz CT molecular complexity index is 649. The summed E-state index contributed by atoms with van der Waals surface area (Å²) in [5.41, 5.74) is 0.558. The zero-order valence-corrected chi connectivity index (χ0v) is 14.3. The molecule has 2 aromatic rings. The van der Waals surface area contributed by atoms with Crippen LogP contribution in [0.15, 0.2) is 48.8 Å². The lowest BCUT2D eigenvalue weighted by molar-refractivity contribution is 0.0897. The molecule has 0 aliphatic rings. The van der Waals surface area contributed by atoms with E-state index in [2.05, 4.69) is 31.1 Å². The van der Waals surface area contributed by atoms with Crippen molar-refractivity contribution < 1.29 is 14.6 Å². The maximum absolute atomic E-state index is 12.3. The van der Waals surface area contributed by atoms with Crippen LogP contribution in [0.3, 0.4) is 0 Å². The van der Waals surface area contributed by atoms with E-state index in [-0.39, 0.29) is 24.0 Å². The summed E-state index contributed by atoms with van der Waals surface area (Å²) in [7, 11) is 0. The summed E-state index contributed by atoms with van der Waals surface area (Å²) in [4.78, 5) is 16.3. The first-order valence-electron chi connectivity index (χ1n) is 7.97. The zero-order valence-electron chi connectivity index (χ0n) is 14.3. The van der Waals surface area contributed by atoms with Gasteiger partial charge in [0.1, 0.15) is 11.5 Å². The second kappa shape index (κ2) is 7.93. The lowest BCUT2D eigenvalue weighted by Crippen LogP contribution is -2.40. The van der Waals surface area contributed by atoms with Crippen LogP contribution in [0.1, 0.15) is 37.6 Å². The Morgan fingerprint density at radius 2 is 1.92 bits per heavy atom. The monoisotopic (exact) mass is 328 g/mol. The topological polar surface area (TPSA) is 71.5 Å². The van der Waals surface area contributed by atoms with Gasteiger partial charge in [-0.1, -0.05) is 20.8 Å². The molecule has 0 saturated heterocycles. The number of carbonyl (C=O) groups is 1. The standard InChI is InChI=1S/C19H24N2O3/c1-19(2,3)11-15(13-22)21-18(23)14-6-8-16(9-7-14)24-17-5-4-10-20-12-17/h4-10,12,15,22H,11,13H2,1-3H3,(H,21,23). The molecule has 5 nitrogen and oxygen atoms in total. The highest BCUT2D eigenvalue weighted by Gasteiger charge is 2.20. The van der Waals surface area contributed by atoms with Crippen molar-refractivity contribution in [3.05, 3.63) is 54.4 Å². The Labute approximate surface area is 142 Å². The number of ether oxygens (including phenoxy) is 1. The molecular formula is C19H24N2O3. The van der Waals surface area contributed by atoms with Crippen molar-refractivity contribution in [2.24, 2.45) is 5.41 Å². The summed E-state index contributed by atoms with van der Waals surface area (Å²) >= 11 is 0. The van der Waals surface area contributed by atoms with E-state index in [1.165, 1.54) is 0 Å². The minimum absolute atomic E-state index is 0.0299. The molecule has 5 heteroatoms. The Kier molecular flexibility index (Phi) is 5.93. The van der Waals surface area contributed by atoms with Crippen molar-refractivity contribution in [2.45, 2.75) is 33.2 Å². The van der Waals surface area contributed by atoms with Gasteiger partial charge in [0.2, 0.25) is 0 Å². The predicted octanol–water partition coefficient (Wildman–Crippen LogP) is 3.40. The van der Waals surface area contributed by atoms with E-state index >= 15 is 0 Å². The number of rotatable bonds is 6. The first-order valence-corrected chi connectivity index (χ1v) is 7.97. The van der Waals surface area contributed by atoms with Crippen molar-refractivity contribution in [2.75, 3.05) is 6.61 Å². The molecule has 0 saturated carbocycles. The van der Waals surface area contributed by atoms with Crippen LogP contribution in [-0.4, -0.2) is 28.6 Å². The summed E-state index contributed by atoms with van der Waals surface area (Å²) in [5.74, 6) is 1.07. The van der Waals surface area contributed by atoms with E-state index in [4.69, 9.17) is 4.74 Å². The van der Waals surface area contributed by atoms with Gasteiger partial charge in [-0.05, 0) is 48.2 Å². The van der Waals surface area contributed by atoms with Gasteiger partial charge < -0.3 is 15.2 Å². The van der Waals surface area contributed by atoms with E-state index in [1.54, 1.807) is 42.7 Å². The predicted molar refractivity (Wildman–Crippen MR) is 93.2 cm³/mol. The average Bonchev–Trinajstić information content (AvgIpc) is 2.54. The number of pyridine rings is 1. The number of aliphatic hydroxyl groups is 1. The minimum Gasteiger partial charge on any atom is -0.456 e. The molecule has 0 aliphatic heterocycles. The van der Waals surface area contributed by atoms with Crippen molar-refractivity contribution in [3.8, 4) is 11.5 Å². The third-order valence-corrected chi connectivity index (χ3v) is 3.40. The zero-order chi connectivity index (χ0) is 17.6. The molecule has 2 N–H and O–H groups in total. The van der Waals surface area contributed by atoms with Crippen LogP contribution in [0.4, 0.5) is 0 Å². The molecule has 0 spiro atoms. The number of hydrogen-bond acceptors (Lipinski definition) is 4. The molecule has 0 bridgehead atoms. The highest BCUT2D eigenvalue weighted by atomic mass is 16.5. The summed E-state index contributed by atoms with van der Waals surface area (Å²) in [6.07, 6.45) is 4.01. The molecule has 0 radical (unpaired) electrons. The van der Waals surface area contributed by atoms with Gasteiger partial charge in [0.25, 0.3) is 5.91 Å². The minimum atomic E-state index is -0.260. The first kappa shape index (κ1) is 17.9. The van der Waals surface area contributed by atoms with E-state index in [9.17, 15) is 9.90 Å². The molecular weight excluding hydrogens is 304 g/mol. The summed E-state index contributed by atoms with van der Waals surface area (Å²) in [5, 5.41) is 12.3. The molecule has 1 aromatic carbocycles. The van der Waals surface area contributed by atoms with Crippen LogP contribution < -0.4 is 10.1 Å². The average molecular weight is 328 g/mol. The summed E-state index contributed by atoms with van der Waals surface area (Å²) < 4.78 is 5.65. The van der Waals surface area contributed by atoms with Gasteiger partial charge in [0.05, 0.1) is 18.8 Å². The third-order valence-electron chi connectivity index (χ3n) is 3.40. The van der Waals surface area contributed by atoms with Crippen LogP contribution >= 0.6 is 0 Å². The molecule has 1 aromatic heterocycles. The largest absolute Gasteiger partial charge is 0.456 e. The van der Waals surface area contributed by atoms with Crippen molar-refractivity contribution in [3.63, 3.8) is 0 Å². The van der Waals surface area contributed by atoms with Crippen LogP contribution in [0.5, 0.6) is 11.5 Å². The van der Waals surface area contributed by atoms with Gasteiger partial charge in [0, 0.05) is 11.8 Å². The van der Waals surface area contributed by atoms with Crippen molar-refractivity contribution in [1.29, 1.82) is 0 Å². The smallest absolute Gasteiger partial charge is 0.251 e. The van der Waals surface area contributed by atoms with Crippen LogP contribution in [0, 0.1) is 5.41 Å². The SMILES string of the molecule is CC(C)(C)CC(CO)NC(=O)c1ccc(Oc2cccnc2)cc1. The van der Waals surface area contributed by atoms with Gasteiger partial charge >= 0.3 is 0 Å². The number of benzene rings is 1. The lowest BCUT2D eigenvalue weighted by atomic mass is 9.88. The second-order valence-corrected chi connectivity index (χ2v) is 6.93. The fraction of sp³-hybridized carbons (Fsp3) is 0.368. The maximum Gasteiger partial charge on any atom is 0.251 e. The van der Waals surface area contributed by atoms with E-state index in [0.717, 1.165) is 0 Å². The lowest BCUT2D eigenvalue weighted by Gasteiger charge is -2.25. The number of amides is 1. The van der Waals surface area contributed by atoms with E-state index < -0.39 is 0 Å².